The van der Waals surface area contributed by atoms with Crippen LogP contribution in [0.15, 0.2) is 6.20 Å². The molecule has 0 saturated carbocycles. The van der Waals surface area contributed by atoms with Crippen molar-refractivity contribution in [3.8, 4) is 0 Å². The Morgan fingerprint density at radius 2 is 2.11 bits per heavy atom. The zero-order valence-electron chi connectivity index (χ0n) is 12.1. The van der Waals surface area contributed by atoms with Gasteiger partial charge in [-0.05, 0) is 37.9 Å². The molecule has 106 valence electrons. The Bertz CT molecular complexity index is 445. The Labute approximate surface area is 115 Å². The van der Waals surface area contributed by atoms with Crippen LogP contribution in [0.3, 0.4) is 0 Å². The van der Waals surface area contributed by atoms with Gasteiger partial charge in [-0.2, -0.15) is 0 Å². The van der Waals surface area contributed by atoms with Crippen molar-refractivity contribution in [1.82, 2.24) is 9.88 Å². The molecule has 1 rings (SSSR count). The summed E-state index contributed by atoms with van der Waals surface area (Å²) in [7, 11) is 0. The second kappa shape index (κ2) is 7.09. The van der Waals surface area contributed by atoms with E-state index in [9.17, 15) is 4.79 Å². The predicted octanol–water partition coefficient (Wildman–Crippen LogP) is 1.37. The van der Waals surface area contributed by atoms with E-state index >= 15 is 0 Å². The lowest BCUT2D eigenvalue weighted by molar-refractivity contribution is -0.119. The molecule has 0 bridgehead atoms. The SMILES string of the molecule is CCCCN(CC(N)=O)Cc1ncc(C)c(N)c1C. The first-order chi connectivity index (χ1) is 8.95. The van der Waals surface area contributed by atoms with E-state index in [0.717, 1.165) is 41.9 Å². The first-order valence-corrected chi connectivity index (χ1v) is 6.66. The minimum absolute atomic E-state index is 0.259. The minimum Gasteiger partial charge on any atom is -0.398 e. The molecular formula is C14H24N4O. The average molecular weight is 264 g/mol. The maximum absolute atomic E-state index is 11.1. The predicted molar refractivity (Wildman–Crippen MR) is 77.5 cm³/mol. The summed E-state index contributed by atoms with van der Waals surface area (Å²) in [6.07, 6.45) is 3.89. The van der Waals surface area contributed by atoms with Crippen LogP contribution in [0.1, 0.15) is 36.6 Å². The van der Waals surface area contributed by atoms with E-state index < -0.39 is 0 Å². The maximum atomic E-state index is 11.1. The molecule has 5 heteroatoms. The second-order valence-corrected chi connectivity index (χ2v) is 4.96. The lowest BCUT2D eigenvalue weighted by Crippen LogP contribution is -2.34. The fraction of sp³-hybridized carbons (Fsp3) is 0.571. The second-order valence-electron chi connectivity index (χ2n) is 4.96. The lowest BCUT2D eigenvalue weighted by Gasteiger charge is -2.21. The van der Waals surface area contributed by atoms with Gasteiger partial charge in [0.15, 0.2) is 0 Å². The Kier molecular flexibility index (Phi) is 5.76. The van der Waals surface area contributed by atoms with Crippen molar-refractivity contribution >= 4 is 11.6 Å². The van der Waals surface area contributed by atoms with Crippen LogP contribution >= 0.6 is 0 Å². The molecule has 4 N–H and O–H groups in total. The number of hydrogen-bond acceptors (Lipinski definition) is 4. The molecule has 0 atom stereocenters. The van der Waals surface area contributed by atoms with Gasteiger partial charge in [0.25, 0.3) is 0 Å². The number of carbonyl (C=O) groups excluding carboxylic acids is 1. The van der Waals surface area contributed by atoms with Crippen LogP contribution in [-0.4, -0.2) is 28.9 Å². The molecule has 0 aliphatic heterocycles. The molecule has 0 spiro atoms. The van der Waals surface area contributed by atoms with Crippen molar-refractivity contribution in [3.05, 3.63) is 23.0 Å². The van der Waals surface area contributed by atoms with Gasteiger partial charge in [-0.25, -0.2) is 0 Å². The fourth-order valence-corrected chi connectivity index (χ4v) is 1.98. The molecule has 1 aromatic heterocycles. The summed E-state index contributed by atoms with van der Waals surface area (Å²) in [5.74, 6) is -0.311. The molecule has 1 heterocycles. The van der Waals surface area contributed by atoms with Gasteiger partial charge < -0.3 is 11.5 Å². The maximum Gasteiger partial charge on any atom is 0.231 e. The topological polar surface area (TPSA) is 85.2 Å². The highest BCUT2D eigenvalue weighted by molar-refractivity contribution is 5.75. The normalized spacial score (nSPS) is 10.9. The Balaban J connectivity index is 2.83. The zero-order chi connectivity index (χ0) is 14.4. The first kappa shape index (κ1) is 15.4. The number of anilines is 1. The van der Waals surface area contributed by atoms with Gasteiger partial charge in [-0.1, -0.05) is 13.3 Å². The summed E-state index contributed by atoms with van der Waals surface area (Å²) in [5, 5.41) is 0. The molecule has 0 aliphatic rings. The standard InChI is InChI=1S/C14H24N4O/c1-4-5-6-18(9-13(15)19)8-12-11(3)14(16)10(2)7-17-12/h7H,4-6,8-9H2,1-3H3,(H2,15,19)(H2,16,17). The van der Waals surface area contributed by atoms with E-state index in [1.807, 2.05) is 18.7 Å². The van der Waals surface area contributed by atoms with Crippen LogP contribution in [0.4, 0.5) is 5.69 Å². The summed E-state index contributed by atoms with van der Waals surface area (Å²) in [6, 6.07) is 0. The van der Waals surface area contributed by atoms with Crippen molar-refractivity contribution in [1.29, 1.82) is 0 Å². The number of unbranched alkanes of at least 4 members (excludes halogenated alkanes) is 1. The van der Waals surface area contributed by atoms with Gasteiger partial charge in [0.2, 0.25) is 5.91 Å². The Morgan fingerprint density at radius 1 is 1.42 bits per heavy atom. The van der Waals surface area contributed by atoms with Crippen molar-refractivity contribution < 1.29 is 4.79 Å². The molecule has 0 fully saturated rings. The molecule has 0 aromatic carbocycles. The number of hydrogen-bond donors (Lipinski definition) is 2. The van der Waals surface area contributed by atoms with E-state index in [1.165, 1.54) is 0 Å². The summed E-state index contributed by atoms with van der Waals surface area (Å²) >= 11 is 0. The van der Waals surface area contributed by atoms with Crippen LogP contribution in [0.25, 0.3) is 0 Å². The van der Waals surface area contributed by atoms with E-state index in [1.54, 1.807) is 6.20 Å². The molecular weight excluding hydrogens is 240 g/mol. The van der Waals surface area contributed by atoms with Crippen LogP contribution < -0.4 is 11.5 Å². The minimum atomic E-state index is -0.311. The third-order valence-electron chi connectivity index (χ3n) is 3.26. The van der Waals surface area contributed by atoms with E-state index in [0.29, 0.717) is 6.54 Å². The number of carbonyl (C=O) groups is 1. The van der Waals surface area contributed by atoms with Gasteiger partial charge >= 0.3 is 0 Å². The highest BCUT2D eigenvalue weighted by atomic mass is 16.1. The van der Waals surface area contributed by atoms with Gasteiger partial charge in [0.05, 0.1) is 12.2 Å². The van der Waals surface area contributed by atoms with Crippen molar-refractivity contribution in [2.45, 2.75) is 40.2 Å². The average Bonchev–Trinajstić information content (AvgIpc) is 2.36. The van der Waals surface area contributed by atoms with Crippen LogP contribution in [0.2, 0.25) is 0 Å². The van der Waals surface area contributed by atoms with Crippen LogP contribution in [0, 0.1) is 13.8 Å². The number of nitrogen functional groups attached to an aromatic ring is 1. The summed E-state index contributed by atoms with van der Waals surface area (Å²) in [5.41, 5.74) is 15.0. The van der Waals surface area contributed by atoms with E-state index in [2.05, 4.69) is 11.9 Å². The van der Waals surface area contributed by atoms with Gasteiger partial charge in [0, 0.05) is 18.4 Å². The van der Waals surface area contributed by atoms with E-state index in [4.69, 9.17) is 11.5 Å². The first-order valence-electron chi connectivity index (χ1n) is 6.66. The fourth-order valence-electron chi connectivity index (χ4n) is 1.98. The van der Waals surface area contributed by atoms with Crippen LogP contribution in [-0.2, 0) is 11.3 Å². The zero-order valence-corrected chi connectivity index (χ0v) is 12.1. The number of primary amides is 1. The highest BCUT2D eigenvalue weighted by Gasteiger charge is 2.13. The molecule has 5 nitrogen and oxygen atoms in total. The molecule has 0 aliphatic carbocycles. The van der Waals surface area contributed by atoms with Crippen LogP contribution in [0.5, 0.6) is 0 Å². The summed E-state index contributed by atoms with van der Waals surface area (Å²) in [6.45, 7) is 7.74. The number of nitrogens with zero attached hydrogens (tertiary/aromatic N) is 2. The monoisotopic (exact) mass is 264 g/mol. The van der Waals surface area contributed by atoms with Crippen molar-refractivity contribution in [2.24, 2.45) is 5.73 Å². The number of rotatable bonds is 7. The molecule has 19 heavy (non-hydrogen) atoms. The van der Waals surface area contributed by atoms with Crippen molar-refractivity contribution in [3.63, 3.8) is 0 Å². The molecule has 0 saturated heterocycles. The third kappa shape index (κ3) is 4.52. The smallest absolute Gasteiger partial charge is 0.231 e. The van der Waals surface area contributed by atoms with Gasteiger partial charge in [-0.3, -0.25) is 14.7 Å². The molecule has 0 unspecified atom stereocenters. The number of amides is 1. The highest BCUT2D eigenvalue weighted by Crippen LogP contribution is 2.19. The number of pyridine rings is 1. The molecule has 1 amide bonds. The molecule has 1 aromatic rings. The third-order valence-corrected chi connectivity index (χ3v) is 3.26. The van der Waals surface area contributed by atoms with E-state index in [-0.39, 0.29) is 12.5 Å². The number of nitrogens with two attached hydrogens (primary N) is 2. The summed E-state index contributed by atoms with van der Waals surface area (Å²) < 4.78 is 0. The Hall–Kier alpha value is -1.62. The largest absolute Gasteiger partial charge is 0.398 e. The quantitative estimate of drug-likeness (QED) is 0.779. The van der Waals surface area contributed by atoms with Gasteiger partial charge in [-0.15, -0.1) is 0 Å². The number of aryl methyl sites for hydroxylation is 1. The Morgan fingerprint density at radius 3 is 2.68 bits per heavy atom. The van der Waals surface area contributed by atoms with Gasteiger partial charge in [0.1, 0.15) is 0 Å². The summed E-state index contributed by atoms with van der Waals surface area (Å²) in [4.78, 5) is 17.5. The van der Waals surface area contributed by atoms with Crippen molar-refractivity contribution in [2.75, 3.05) is 18.8 Å². The number of aromatic nitrogens is 1. The lowest BCUT2D eigenvalue weighted by atomic mass is 10.1. The molecule has 0 radical (unpaired) electrons.